The third kappa shape index (κ3) is 3.72. The van der Waals surface area contributed by atoms with Crippen LogP contribution < -0.4 is 5.32 Å². The molecule has 106 valence electrons. The zero-order chi connectivity index (χ0) is 13.9. The number of rotatable bonds is 3. The lowest BCUT2D eigenvalue weighted by Crippen LogP contribution is -2.40. The molecule has 1 nitrogen and oxygen atoms in total. The van der Waals surface area contributed by atoms with Crippen LogP contribution in [0.15, 0.2) is 24.3 Å². The van der Waals surface area contributed by atoms with Crippen molar-refractivity contribution in [1.82, 2.24) is 5.32 Å². The van der Waals surface area contributed by atoms with E-state index in [1.807, 2.05) is 12.1 Å². The Morgan fingerprint density at radius 1 is 1.26 bits per heavy atom. The van der Waals surface area contributed by atoms with Gasteiger partial charge in [0, 0.05) is 12.6 Å². The van der Waals surface area contributed by atoms with Crippen LogP contribution in [0.4, 0.5) is 13.2 Å². The van der Waals surface area contributed by atoms with Crippen molar-refractivity contribution in [3.63, 3.8) is 0 Å². The Morgan fingerprint density at radius 2 is 2.05 bits per heavy atom. The summed E-state index contributed by atoms with van der Waals surface area (Å²) in [6.45, 7) is 2.16. The third-order valence-electron chi connectivity index (χ3n) is 3.77. The van der Waals surface area contributed by atoms with Crippen molar-refractivity contribution in [3.8, 4) is 0 Å². The molecule has 2 atom stereocenters. The average molecular weight is 271 g/mol. The minimum absolute atomic E-state index is 0.0339. The maximum absolute atomic E-state index is 12.6. The van der Waals surface area contributed by atoms with Gasteiger partial charge in [-0.15, -0.1) is 0 Å². The number of halogens is 3. The highest BCUT2D eigenvalue weighted by Gasteiger charge is 2.41. The lowest BCUT2D eigenvalue weighted by molar-refractivity contribution is -0.179. The van der Waals surface area contributed by atoms with E-state index >= 15 is 0 Å². The molecule has 4 heteroatoms. The molecule has 0 bridgehead atoms. The molecule has 0 saturated carbocycles. The Morgan fingerprint density at radius 3 is 2.63 bits per heavy atom. The molecule has 2 rings (SSSR count). The Kier molecular flexibility index (Phi) is 4.50. The summed E-state index contributed by atoms with van der Waals surface area (Å²) in [5.41, 5.74) is 2.38. The quantitative estimate of drug-likeness (QED) is 0.867. The molecule has 1 aromatic rings. The highest BCUT2D eigenvalue weighted by molar-refractivity contribution is 5.26. The van der Waals surface area contributed by atoms with Crippen molar-refractivity contribution in [3.05, 3.63) is 35.4 Å². The van der Waals surface area contributed by atoms with Gasteiger partial charge in [0.05, 0.1) is 5.92 Å². The molecule has 0 amide bonds. The van der Waals surface area contributed by atoms with E-state index in [2.05, 4.69) is 24.4 Å². The second-order valence-corrected chi connectivity index (χ2v) is 5.27. The van der Waals surface area contributed by atoms with Crippen molar-refractivity contribution in [2.75, 3.05) is 6.54 Å². The zero-order valence-electron chi connectivity index (χ0n) is 11.1. The van der Waals surface area contributed by atoms with Gasteiger partial charge >= 0.3 is 6.18 Å². The molecule has 0 aliphatic carbocycles. The van der Waals surface area contributed by atoms with Gasteiger partial charge in [-0.2, -0.15) is 13.2 Å². The summed E-state index contributed by atoms with van der Waals surface area (Å²) in [6.07, 6.45) is -1.19. The molecule has 1 aromatic carbocycles. The fourth-order valence-electron chi connectivity index (χ4n) is 2.67. The van der Waals surface area contributed by atoms with E-state index in [0.29, 0.717) is 6.42 Å². The molecule has 1 fully saturated rings. The highest BCUT2D eigenvalue weighted by atomic mass is 19.4. The first kappa shape index (κ1) is 14.4. The Bertz CT molecular complexity index is 406. The van der Waals surface area contributed by atoms with Gasteiger partial charge in [0.15, 0.2) is 0 Å². The van der Waals surface area contributed by atoms with Crippen LogP contribution in [-0.4, -0.2) is 12.7 Å². The van der Waals surface area contributed by atoms with E-state index in [1.54, 1.807) is 0 Å². The van der Waals surface area contributed by atoms with Crippen LogP contribution in [0.25, 0.3) is 0 Å². The predicted molar refractivity (Wildman–Crippen MR) is 70.0 cm³/mol. The number of piperidine rings is 1. The van der Waals surface area contributed by atoms with Crippen molar-refractivity contribution < 1.29 is 13.2 Å². The number of hydrogen-bond donors (Lipinski definition) is 1. The first-order valence-corrected chi connectivity index (χ1v) is 6.89. The minimum Gasteiger partial charge on any atom is -0.309 e. The van der Waals surface area contributed by atoms with Crippen LogP contribution >= 0.6 is 0 Å². The SMILES string of the molecule is CCCc1cccc(C2CCC(C(F)(F)F)CN2)c1. The predicted octanol–water partition coefficient (Wildman–Crippen LogP) is 4.24. The lowest BCUT2D eigenvalue weighted by atomic mass is 9.90. The summed E-state index contributed by atoms with van der Waals surface area (Å²) in [4.78, 5) is 0. The molecule has 0 spiro atoms. The first-order chi connectivity index (χ1) is 9.00. The maximum Gasteiger partial charge on any atom is 0.393 e. The molecule has 19 heavy (non-hydrogen) atoms. The summed E-state index contributed by atoms with van der Waals surface area (Å²) in [7, 11) is 0. The molecule has 1 N–H and O–H groups in total. The van der Waals surface area contributed by atoms with Crippen LogP contribution in [0, 0.1) is 5.92 Å². The van der Waals surface area contributed by atoms with Crippen molar-refractivity contribution in [2.45, 2.75) is 44.8 Å². The van der Waals surface area contributed by atoms with Gasteiger partial charge in [-0.05, 0) is 30.4 Å². The molecule has 1 aliphatic heterocycles. The minimum atomic E-state index is -4.07. The number of nitrogens with one attached hydrogen (secondary N) is 1. The second-order valence-electron chi connectivity index (χ2n) is 5.27. The van der Waals surface area contributed by atoms with Crippen LogP contribution in [-0.2, 0) is 6.42 Å². The summed E-state index contributed by atoms with van der Waals surface area (Å²) in [5, 5.41) is 3.04. The Balaban J connectivity index is 1.99. The Hall–Kier alpha value is -1.03. The Labute approximate surface area is 112 Å². The number of benzene rings is 1. The topological polar surface area (TPSA) is 12.0 Å². The van der Waals surface area contributed by atoms with Crippen molar-refractivity contribution >= 4 is 0 Å². The van der Waals surface area contributed by atoms with Gasteiger partial charge in [-0.3, -0.25) is 0 Å². The summed E-state index contributed by atoms with van der Waals surface area (Å²) in [6, 6.07) is 8.27. The largest absolute Gasteiger partial charge is 0.393 e. The van der Waals surface area contributed by atoms with E-state index in [4.69, 9.17) is 0 Å². The number of aryl methyl sites for hydroxylation is 1. The molecular formula is C15H20F3N. The van der Waals surface area contributed by atoms with Gasteiger partial charge in [0.1, 0.15) is 0 Å². The number of hydrogen-bond acceptors (Lipinski definition) is 1. The van der Waals surface area contributed by atoms with Gasteiger partial charge in [0.25, 0.3) is 0 Å². The molecule has 1 saturated heterocycles. The summed E-state index contributed by atoms with van der Waals surface area (Å²) >= 11 is 0. The zero-order valence-corrected chi connectivity index (χ0v) is 11.1. The maximum atomic E-state index is 12.6. The average Bonchev–Trinajstić information content (AvgIpc) is 2.39. The van der Waals surface area contributed by atoms with Crippen LogP contribution in [0.3, 0.4) is 0 Å². The number of alkyl halides is 3. The van der Waals surface area contributed by atoms with E-state index in [9.17, 15) is 13.2 Å². The summed E-state index contributed by atoms with van der Waals surface area (Å²) in [5.74, 6) is -1.19. The van der Waals surface area contributed by atoms with Gasteiger partial charge < -0.3 is 5.32 Å². The fourth-order valence-corrected chi connectivity index (χ4v) is 2.67. The monoisotopic (exact) mass is 271 g/mol. The normalized spacial score (nSPS) is 24.4. The molecular weight excluding hydrogens is 251 g/mol. The lowest BCUT2D eigenvalue weighted by Gasteiger charge is -2.31. The van der Waals surface area contributed by atoms with E-state index in [-0.39, 0.29) is 19.0 Å². The molecule has 0 radical (unpaired) electrons. The molecule has 0 aromatic heterocycles. The second kappa shape index (κ2) is 5.95. The van der Waals surface area contributed by atoms with Crippen LogP contribution in [0.5, 0.6) is 0 Å². The first-order valence-electron chi connectivity index (χ1n) is 6.89. The fraction of sp³-hybridized carbons (Fsp3) is 0.600. The van der Waals surface area contributed by atoms with Gasteiger partial charge in [-0.1, -0.05) is 37.6 Å². The van der Waals surface area contributed by atoms with E-state index in [0.717, 1.165) is 18.4 Å². The van der Waals surface area contributed by atoms with E-state index in [1.165, 1.54) is 5.56 Å². The molecule has 1 aliphatic rings. The van der Waals surface area contributed by atoms with Crippen molar-refractivity contribution in [2.24, 2.45) is 5.92 Å². The molecule has 1 heterocycles. The van der Waals surface area contributed by atoms with E-state index < -0.39 is 12.1 Å². The van der Waals surface area contributed by atoms with Crippen molar-refractivity contribution in [1.29, 1.82) is 0 Å². The van der Waals surface area contributed by atoms with Crippen LogP contribution in [0.2, 0.25) is 0 Å². The van der Waals surface area contributed by atoms with Gasteiger partial charge in [0.2, 0.25) is 0 Å². The van der Waals surface area contributed by atoms with Gasteiger partial charge in [-0.25, -0.2) is 0 Å². The smallest absolute Gasteiger partial charge is 0.309 e. The standard InChI is InChI=1S/C15H20F3N/c1-2-4-11-5-3-6-12(9-11)14-8-7-13(10-19-14)15(16,17)18/h3,5-6,9,13-14,19H,2,4,7-8,10H2,1H3. The molecule has 2 unspecified atom stereocenters. The summed E-state index contributed by atoms with van der Waals surface area (Å²) < 4.78 is 37.8. The highest BCUT2D eigenvalue weighted by Crippen LogP contribution is 2.35. The third-order valence-corrected chi connectivity index (χ3v) is 3.77. The van der Waals surface area contributed by atoms with Crippen LogP contribution in [0.1, 0.15) is 43.4 Å².